The van der Waals surface area contributed by atoms with Crippen LogP contribution in [-0.2, 0) is 14.3 Å². The lowest BCUT2D eigenvalue weighted by Gasteiger charge is -2.40. The highest BCUT2D eigenvalue weighted by Gasteiger charge is 2.44. The Kier molecular flexibility index (Phi) is 39.0. The first-order valence-corrected chi connectivity index (χ1v) is 25.2. The fourth-order valence-electron chi connectivity index (χ4n) is 7.89. The van der Waals surface area contributed by atoms with Gasteiger partial charge in [0, 0.05) is 6.42 Å². The van der Waals surface area contributed by atoms with Gasteiger partial charge in [0.2, 0.25) is 5.91 Å². The van der Waals surface area contributed by atoms with E-state index in [-0.39, 0.29) is 12.5 Å². The molecular weight excluding hydrogens is 755 g/mol. The third kappa shape index (κ3) is 31.3. The van der Waals surface area contributed by atoms with E-state index in [2.05, 4.69) is 43.5 Å². The molecule has 1 fully saturated rings. The van der Waals surface area contributed by atoms with Gasteiger partial charge >= 0.3 is 0 Å². The maximum Gasteiger partial charge on any atom is 0.220 e. The first-order chi connectivity index (χ1) is 29.3. The maximum atomic E-state index is 12.9. The fourth-order valence-corrected chi connectivity index (χ4v) is 7.89. The summed E-state index contributed by atoms with van der Waals surface area (Å²) in [4.78, 5) is 12.9. The van der Waals surface area contributed by atoms with Crippen molar-refractivity contribution in [3.63, 3.8) is 0 Å². The molecule has 9 nitrogen and oxygen atoms in total. The van der Waals surface area contributed by atoms with Crippen LogP contribution in [0.15, 0.2) is 36.5 Å². The highest BCUT2D eigenvalue weighted by atomic mass is 16.7. The van der Waals surface area contributed by atoms with Crippen molar-refractivity contribution < 1.29 is 39.8 Å². The van der Waals surface area contributed by atoms with Gasteiger partial charge in [-0.15, -0.1) is 0 Å². The lowest BCUT2D eigenvalue weighted by Crippen LogP contribution is -2.60. The third-order valence-electron chi connectivity index (χ3n) is 12.0. The minimum absolute atomic E-state index is 0.179. The van der Waals surface area contributed by atoms with Gasteiger partial charge < -0.3 is 40.3 Å². The summed E-state index contributed by atoms with van der Waals surface area (Å²) in [7, 11) is 0. The first-order valence-electron chi connectivity index (χ1n) is 25.2. The summed E-state index contributed by atoms with van der Waals surface area (Å²) in [6, 6.07) is -0.800. The number of allylic oxidation sites excluding steroid dienone is 5. The molecule has 0 aromatic rings. The van der Waals surface area contributed by atoms with E-state index >= 15 is 0 Å². The molecule has 1 heterocycles. The summed E-state index contributed by atoms with van der Waals surface area (Å²) in [5.74, 6) is -0.179. The van der Waals surface area contributed by atoms with E-state index in [0.717, 1.165) is 44.9 Å². The van der Waals surface area contributed by atoms with Crippen LogP contribution < -0.4 is 5.32 Å². The number of hydrogen-bond donors (Lipinski definition) is 6. The van der Waals surface area contributed by atoms with Crippen molar-refractivity contribution in [3.8, 4) is 0 Å². The number of amides is 1. The zero-order valence-corrected chi connectivity index (χ0v) is 38.7. The van der Waals surface area contributed by atoms with E-state index < -0.39 is 49.5 Å². The molecule has 1 aliphatic rings. The molecule has 1 aliphatic heterocycles. The third-order valence-corrected chi connectivity index (χ3v) is 12.0. The van der Waals surface area contributed by atoms with Crippen LogP contribution in [0.5, 0.6) is 0 Å². The van der Waals surface area contributed by atoms with Gasteiger partial charge in [0.15, 0.2) is 6.29 Å². The van der Waals surface area contributed by atoms with Crippen LogP contribution in [0.3, 0.4) is 0 Å². The SMILES string of the molecule is CCCCCCC/C=C\C/C=C\CCCCCCCCCCCCCCCCCCCC(=O)NC(COC1OC(CO)C(O)C(O)C1O)C(O)/C=C/CCCCCCCC. The first kappa shape index (κ1) is 56.4. The zero-order chi connectivity index (χ0) is 43.7. The molecule has 1 amide bonds. The number of aliphatic hydroxyl groups excluding tert-OH is 5. The van der Waals surface area contributed by atoms with Crippen molar-refractivity contribution in [1.29, 1.82) is 0 Å². The molecule has 0 aromatic heterocycles. The molecule has 0 aliphatic carbocycles. The smallest absolute Gasteiger partial charge is 0.220 e. The van der Waals surface area contributed by atoms with Crippen LogP contribution in [-0.4, -0.2) is 87.5 Å². The molecule has 6 N–H and O–H groups in total. The zero-order valence-electron chi connectivity index (χ0n) is 38.7. The molecule has 7 unspecified atom stereocenters. The molecule has 1 saturated heterocycles. The summed E-state index contributed by atoms with van der Waals surface area (Å²) < 4.78 is 11.2. The van der Waals surface area contributed by atoms with Crippen LogP contribution in [0.2, 0.25) is 0 Å². The van der Waals surface area contributed by atoms with Crippen LogP contribution in [0.1, 0.15) is 226 Å². The van der Waals surface area contributed by atoms with Crippen LogP contribution in [0, 0.1) is 0 Å². The topological polar surface area (TPSA) is 149 Å². The van der Waals surface area contributed by atoms with Gasteiger partial charge in [-0.1, -0.05) is 204 Å². The van der Waals surface area contributed by atoms with Crippen LogP contribution in [0.25, 0.3) is 0 Å². The lowest BCUT2D eigenvalue weighted by atomic mass is 9.99. The number of carbonyl (C=O) groups is 1. The normalized spacial score (nSPS) is 20.8. The minimum atomic E-state index is -1.56. The Bertz CT molecular complexity index is 1030. The molecule has 0 saturated carbocycles. The second-order valence-electron chi connectivity index (χ2n) is 17.6. The Balaban J connectivity index is 2.12. The van der Waals surface area contributed by atoms with Gasteiger partial charge in [-0.2, -0.15) is 0 Å². The van der Waals surface area contributed by atoms with Crippen LogP contribution in [0.4, 0.5) is 0 Å². The number of rotatable bonds is 42. The summed E-state index contributed by atoms with van der Waals surface area (Å²) >= 11 is 0. The Morgan fingerprint density at radius 1 is 0.567 bits per heavy atom. The minimum Gasteiger partial charge on any atom is -0.394 e. The molecule has 0 bridgehead atoms. The van der Waals surface area contributed by atoms with E-state index in [1.807, 2.05) is 6.08 Å². The van der Waals surface area contributed by atoms with E-state index in [9.17, 15) is 30.3 Å². The van der Waals surface area contributed by atoms with E-state index in [4.69, 9.17) is 9.47 Å². The van der Waals surface area contributed by atoms with Gasteiger partial charge in [0.1, 0.15) is 24.4 Å². The van der Waals surface area contributed by atoms with Crippen molar-refractivity contribution in [1.82, 2.24) is 5.32 Å². The molecule has 0 aromatic carbocycles. The number of aliphatic hydroxyl groups is 5. The van der Waals surface area contributed by atoms with E-state index in [1.54, 1.807) is 6.08 Å². The quantitative estimate of drug-likeness (QED) is 0.0263. The molecule has 7 atom stereocenters. The molecule has 0 spiro atoms. The summed E-state index contributed by atoms with van der Waals surface area (Å²) in [6.45, 7) is 3.72. The Hall–Kier alpha value is -1.59. The summed E-state index contributed by atoms with van der Waals surface area (Å²) in [5.41, 5.74) is 0. The molecule has 60 heavy (non-hydrogen) atoms. The van der Waals surface area contributed by atoms with Gasteiger partial charge in [0.25, 0.3) is 0 Å². The Labute approximate surface area is 368 Å². The maximum absolute atomic E-state index is 12.9. The van der Waals surface area contributed by atoms with Crippen LogP contribution >= 0.6 is 0 Å². The summed E-state index contributed by atoms with van der Waals surface area (Å²) in [6.07, 6.45) is 45.1. The van der Waals surface area contributed by atoms with Gasteiger partial charge in [-0.25, -0.2) is 0 Å². The predicted octanol–water partition coefficient (Wildman–Crippen LogP) is 11.2. The molecule has 352 valence electrons. The number of nitrogens with one attached hydrogen (secondary N) is 1. The molecule has 0 radical (unpaired) electrons. The monoisotopic (exact) mass is 850 g/mol. The van der Waals surface area contributed by atoms with Crippen molar-refractivity contribution in [2.45, 2.75) is 269 Å². The Morgan fingerprint density at radius 3 is 1.43 bits per heavy atom. The average molecular weight is 850 g/mol. The molecule has 1 rings (SSSR count). The van der Waals surface area contributed by atoms with Crippen molar-refractivity contribution in [2.75, 3.05) is 13.2 Å². The highest BCUT2D eigenvalue weighted by molar-refractivity contribution is 5.76. The average Bonchev–Trinajstić information content (AvgIpc) is 3.25. The Morgan fingerprint density at radius 2 is 0.983 bits per heavy atom. The van der Waals surface area contributed by atoms with Crippen molar-refractivity contribution in [2.24, 2.45) is 0 Å². The van der Waals surface area contributed by atoms with E-state index in [0.29, 0.717) is 6.42 Å². The second kappa shape index (κ2) is 41.4. The number of hydrogen-bond acceptors (Lipinski definition) is 8. The molecule has 9 heteroatoms. The van der Waals surface area contributed by atoms with Crippen molar-refractivity contribution >= 4 is 5.91 Å². The summed E-state index contributed by atoms with van der Waals surface area (Å²) in [5, 5.41) is 54.0. The van der Waals surface area contributed by atoms with E-state index in [1.165, 1.54) is 161 Å². The van der Waals surface area contributed by atoms with Gasteiger partial charge in [-0.3, -0.25) is 4.79 Å². The van der Waals surface area contributed by atoms with Gasteiger partial charge in [0.05, 0.1) is 25.4 Å². The lowest BCUT2D eigenvalue weighted by molar-refractivity contribution is -0.302. The van der Waals surface area contributed by atoms with Crippen molar-refractivity contribution in [3.05, 3.63) is 36.5 Å². The second-order valence-corrected chi connectivity index (χ2v) is 17.6. The highest BCUT2D eigenvalue weighted by Crippen LogP contribution is 2.23. The largest absolute Gasteiger partial charge is 0.394 e. The predicted molar refractivity (Wildman–Crippen MR) is 249 cm³/mol. The number of ether oxygens (including phenoxy) is 2. The number of carbonyl (C=O) groups excluding carboxylic acids is 1. The standard InChI is InChI=1S/C51H95NO8/c1-3-5-7-9-11-13-14-15-16-17-18-19-20-21-22-23-24-25-26-27-28-29-30-31-32-33-35-37-39-41-47(55)52-44(45(54)40-38-36-34-12-10-8-6-4-2)43-59-51-50(58)49(57)48(56)46(42-53)60-51/h14-15,17-18,38,40,44-46,48-51,53-54,56-58H,3-13,16,19-37,39,41-43H2,1-2H3,(H,52,55)/b15-14-,18-17-,40-38+. The number of unbranched alkanes of at least 4 members (excludes halogenated alkanes) is 28. The fraction of sp³-hybridized carbons (Fsp3) is 0.863. The molecular formula is C51H95NO8. The van der Waals surface area contributed by atoms with Gasteiger partial charge in [-0.05, 0) is 51.4 Å².